The SMILES string of the molecule is CN(C)Cc1cc(S(N)(=O)=O)c(Br)cc1Oc1ccc(OC(F)(F)F)cc1. The van der Waals surface area contributed by atoms with E-state index in [1.807, 2.05) is 0 Å². The lowest BCUT2D eigenvalue weighted by atomic mass is 10.2. The van der Waals surface area contributed by atoms with Gasteiger partial charge in [0.05, 0.1) is 4.90 Å². The maximum atomic E-state index is 12.2. The van der Waals surface area contributed by atoms with E-state index >= 15 is 0 Å². The zero-order chi connectivity index (χ0) is 20.4. The standard InChI is InChI=1S/C16H16BrF3N2O4S/c1-22(2)9-10-7-15(27(21,23)24)13(17)8-14(10)25-11-3-5-12(6-4-11)26-16(18,19)20/h3-8H,9H2,1-2H3,(H2,21,23,24). The first kappa shape index (κ1) is 21.5. The van der Waals surface area contributed by atoms with Crippen LogP contribution in [0, 0.1) is 0 Å². The Balaban J connectivity index is 2.35. The van der Waals surface area contributed by atoms with Crippen LogP contribution >= 0.6 is 15.9 Å². The van der Waals surface area contributed by atoms with Gasteiger partial charge in [0.15, 0.2) is 0 Å². The number of benzene rings is 2. The molecule has 0 aliphatic rings. The fourth-order valence-electron chi connectivity index (χ4n) is 2.19. The number of primary sulfonamides is 1. The average molecular weight is 469 g/mol. The summed E-state index contributed by atoms with van der Waals surface area (Å²) in [6.07, 6.45) is -4.78. The van der Waals surface area contributed by atoms with Crippen LogP contribution in [-0.4, -0.2) is 33.8 Å². The molecule has 0 unspecified atom stereocenters. The van der Waals surface area contributed by atoms with Gasteiger partial charge in [0.2, 0.25) is 10.0 Å². The van der Waals surface area contributed by atoms with Crippen molar-refractivity contribution in [3.05, 3.63) is 46.4 Å². The summed E-state index contributed by atoms with van der Waals surface area (Å²) >= 11 is 3.14. The Morgan fingerprint density at radius 3 is 2.15 bits per heavy atom. The first-order valence-corrected chi connectivity index (χ1v) is 9.73. The van der Waals surface area contributed by atoms with Crippen molar-refractivity contribution in [1.82, 2.24) is 4.90 Å². The smallest absolute Gasteiger partial charge is 0.457 e. The van der Waals surface area contributed by atoms with Crippen LogP contribution in [0.15, 0.2) is 45.8 Å². The Bertz CT molecular complexity index is 916. The number of alkyl halides is 3. The first-order chi connectivity index (χ1) is 12.3. The zero-order valence-electron chi connectivity index (χ0n) is 14.2. The van der Waals surface area contributed by atoms with Crippen molar-refractivity contribution in [2.45, 2.75) is 17.8 Å². The monoisotopic (exact) mass is 468 g/mol. The molecule has 0 spiro atoms. The minimum absolute atomic E-state index is 0.0966. The van der Waals surface area contributed by atoms with Crippen LogP contribution in [0.4, 0.5) is 13.2 Å². The maximum absolute atomic E-state index is 12.2. The Labute approximate surface area is 162 Å². The van der Waals surface area contributed by atoms with Crippen molar-refractivity contribution in [3.8, 4) is 17.2 Å². The summed E-state index contributed by atoms with van der Waals surface area (Å²) in [5, 5.41) is 5.21. The quantitative estimate of drug-likeness (QED) is 0.696. The molecule has 0 saturated carbocycles. The second-order valence-electron chi connectivity index (χ2n) is 5.79. The molecule has 2 aromatic rings. The predicted octanol–water partition coefficient (Wildman–Crippen LogP) is 3.85. The second kappa shape index (κ2) is 8.05. The van der Waals surface area contributed by atoms with E-state index in [-0.39, 0.29) is 20.9 Å². The molecule has 0 saturated heterocycles. The third-order valence-corrected chi connectivity index (χ3v) is 5.06. The van der Waals surface area contributed by atoms with E-state index in [9.17, 15) is 21.6 Å². The average Bonchev–Trinajstić information content (AvgIpc) is 2.48. The molecule has 0 aliphatic heterocycles. The number of ether oxygens (including phenoxy) is 2. The highest BCUT2D eigenvalue weighted by atomic mass is 79.9. The van der Waals surface area contributed by atoms with Gasteiger partial charge in [-0.15, -0.1) is 13.2 Å². The molecule has 0 heterocycles. The first-order valence-electron chi connectivity index (χ1n) is 7.39. The number of nitrogens with zero attached hydrogens (tertiary/aromatic N) is 1. The van der Waals surface area contributed by atoms with Gasteiger partial charge in [0, 0.05) is 16.6 Å². The van der Waals surface area contributed by atoms with Crippen LogP contribution in [0.1, 0.15) is 5.56 Å². The van der Waals surface area contributed by atoms with E-state index in [4.69, 9.17) is 9.88 Å². The fraction of sp³-hybridized carbons (Fsp3) is 0.250. The van der Waals surface area contributed by atoms with Crippen molar-refractivity contribution in [3.63, 3.8) is 0 Å². The van der Waals surface area contributed by atoms with Gasteiger partial charge >= 0.3 is 6.36 Å². The van der Waals surface area contributed by atoms with Crippen LogP contribution in [0.3, 0.4) is 0 Å². The van der Waals surface area contributed by atoms with Crippen LogP contribution in [0.25, 0.3) is 0 Å². The lowest BCUT2D eigenvalue weighted by Crippen LogP contribution is -2.17. The van der Waals surface area contributed by atoms with E-state index in [0.717, 1.165) is 12.1 Å². The molecule has 0 radical (unpaired) electrons. The third kappa shape index (κ3) is 6.38. The molecule has 0 aliphatic carbocycles. The largest absolute Gasteiger partial charge is 0.573 e. The van der Waals surface area contributed by atoms with Gasteiger partial charge in [-0.1, -0.05) is 0 Å². The summed E-state index contributed by atoms with van der Waals surface area (Å²) in [6, 6.07) is 7.67. The van der Waals surface area contributed by atoms with Crippen molar-refractivity contribution in [2.75, 3.05) is 14.1 Å². The normalized spacial score (nSPS) is 12.3. The van der Waals surface area contributed by atoms with E-state index in [2.05, 4.69) is 20.7 Å². The minimum Gasteiger partial charge on any atom is -0.457 e. The van der Waals surface area contributed by atoms with E-state index < -0.39 is 16.4 Å². The summed E-state index contributed by atoms with van der Waals surface area (Å²) in [5.41, 5.74) is 0.530. The summed E-state index contributed by atoms with van der Waals surface area (Å²) < 4.78 is 69.8. The molecule has 0 fully saturated rings. The van der Waals surface area contributed by atoms with E-state index in [1.54, 1.807) is 19.0 Å². The van der Waals surface area contributed by atoms with Crippen LogP contribution < -0.4 is 14.6 Å². The Morgan fingerprint density at radius 2 is 1.67 bits per heavy atom. The van der Waals surface area contributed by atoms with Gasteiger partial charge in [0.1, 0.15) is 17.2 Å². The molecule has 0 atom stereocenters. The van der Waals surface area contributed by atoms with Gasteiger partial charge in [-0.05, 0) is 66.4 Å². The molecule has 0 aromatic heterocycles. The highest BCUT2D eigenvalue weighted by Gasteiger charge is 2.31. The molecule has 2 rings (SSSR count). The molecule has 11 heteroatoms. The fourth-order valence-corrected chi connectivity index (χ4v) is 3.83. The predicted molar refractivity (Wildman–Crippen MR) is 96.1 cm³/mol. The van der Waals surface area contributed by atoms with Gasteiger partial charge in [-0.3, -0.25) is 0 Å². The van der Waals surface area contributed by atoms with Crippen molar-refractivity contribution < 1.29 is 31.1 Å². The molecule has 2 aromatic carbocycles. The summed E-state index contributed by atoms with van der Waals surface area (Å²) in [4.78, 5) is 1.70. The van der Waals surface area contributed by atoms with Crippen molar-refractivity contribution >= 4 is 26.0 Å². The molecule has 0 bridgehead atoms. The lowest BCUT2D eigenvalue weighted by molar-refractivity contribution is -0.274. The second-order valence-corrected chi connectivity index (χ2v) is 8.18. The van der Waals surface area contributed by atoms with E-state index in [1.165, 1.54) is 24.3 Å². The van der Waals surface area contributed by atoms with Crippen LogP contribution in [-0.2, 0) is 16.6 Å². The van der Waals surface area contributed by atoms with Gasteiger partial charge in [-0.25, -0.2) is 13.6 Å². The van der Waals surface area contributed by atoms with Crippen molar-refractivity contribution in [1.29, 1.82) is 0 Å². The molecule has 2 N–H and O–H groups in total. The number of rotatable bonds is 6. The number of sulfonamides is 1. The Hall–Kier alpha value is -1.82. The number of hydrogen-bond acceptors (Lipinski definition) is 5. The Kier molecular flexibility index (Phi) is 6.40. The number of hydrogen-bond donors (Lipinski definition) is 1. The molecule has 6 nitrogen and oxygen atoms in total. The molecule has 27 heavy (non-hydrogen) atoms. The van der Waals surface area contributed by atoms with E-state index in [0.29, 0.717) is 17.9 Å². The van der Waals surface area contributed by atoms with Gasteiger partial charge in [0.25, 0.3) is 0 Å². The van der Waals surface area contributed by atoms with Crippen LogP contribution in [0.5, 0.6) is 17.2 Å². The number of nitrogens with two attached hydrogens (primary N) is 1. The molecular weight excluding hydrogens is 453 g/mol. The minimum atomic E-state index is -4.78. The van der Waals surface area contributed by atoms with Crippen LogP contribution in [0.2, 0.25) is 0 Å². The number of halogens is 4. The highest BCUT2D eigenvalue weighted by Crippen LogP contribution is 2.34. The van der Waals surface area contributed by atoms with Crippen molar-refractivity contribution in [2.24, 2.45) is 5.14 Å². The topological polar surface area (TPSA) is 81.9 Å². The van der Waals surface area contributed by atoms with Gasteiger partial charge in [-0.2, -0.15) is 0 Å². The van der Waals surface area contributed by atoms with Gasteiger partial charge < -0.3 is 14.4 Å². The summed E-state index contributed by atoms with van der Waals surface area (Å²) in [6.45, 7) is 0.348. The third-order valence-electron chi connectivity index (χ3n) is 3.19. The highest BCUT2D eigenvalue weighted by molar-refractivity contribution is 9.10. The zero-order valence-corrected chi connectivity index (χ0v) is 16.7. The summed E-state index contributed by atoms with van der Waals surface area (Å²) in [7, 11) is -0.382. The molecule has 148 valence electrons. The summed E-state index contributed by atoms with van der Waals surface area (Å²) in [5.74, 6) is 0.196. The molecule has 0 amide bonds. The Morgan fingerprint density at radius 1 is 1.11 bits per heavy atom. The molecular formula is C16H16BrF3N2O4S. The maximum Gasteiger partial charge on any atom is 0.573 e. The lowest BCUT2D eigenvalue weighted by Gasteiger charge is -2.17.